The van der Waals surface area contributed by atoms with Gasteiger partial charge in [-0.2, -0.15) is 0 Å². The monoisotopic (exact) mass is 431 g/mol. The summed E-state index contributed by atoms with van der Waals surface area (Å²) in [5, 5.41) is 11.7. The summed E-state index contributed by atoms with van der Waals surface area (Å²) in [6, 6.07) is 1.78. The summed E-state index contributed by atoms with van der Waals surface area (Å²) < 4.78 is 6.73. The zero-order valence-corrected chi connectivity index (χ0v) is 18.1. The van der Waals surface area contributed by atoms with Crippen molar-refractivity contribution in [1.82, 2.24) is 10.2 Å². The number of amides is 1. The van der Waals surface area contributed by atoms with Crippen LogP contribution in [0.25, 0.3) is 0 Å². The van der Waals surface area contributed by atoms with Gasteiger partial charge in [0.25, 0.3) is 0 Å². The van der Waals surface area contributed by atoms with Gasteiger partial charge < -0.3 is 10.1 Å². The van der Waals surface area contributed by atoms with Gasteiger partial charge in [0.15, 0.2) is 8.68 Å². The number of thiophene rings is 1. The predicted molar refractivity (Wildman–Crippen MR) is 110 cm³/mol. The maximum atomic E-state index is 12.1. The Morgan fingerprint density at radius 1 is 1.19 bits per heavy atom. The van der Waals surface area contributed by atoms with Crippen LogP contribution in [-0.2, 0) is 9.53 Å². The zero-order chi connectivity index (χ0) is 18.9. The van der Waals surface area contributed by atoms with Gasteiger partial charge in [-0.05, 0) is 31.9 Å². The highest BCUT2D eigenvalue weighted by atomic mass is 32.2. The minimum Gasteiger partial charge on any atom is -0.462 e. The van der Waals surface area contributed by atoms with Crippen LogP contribution in [0.4, 0.5) is 5.00 Å². The first-order valence-corrected chi connectivity index (χ1v) is 11.8. The molecule has 142 valence electrons. The summed E-state index contributed by atoms with van der Waals surface area (Å²) in [5.41, 5.74) is 0.800. The van der Waals surface area contributed by atoms with E-state index in [1.165, 1.54) is 34.4 Å². The third kappa shape index (κ3) is 6.57. The molecule has 0 spiro atoms. The van der Waals surface area contributed by atoms with E-state index in [-0.39, 0.29) is 17.6 Å². The Hall–Kier alpha value is -1.10. The molecule has 2 aromatic heterocycles. The molecule has 2 heterocycles. The number of aryl methyl sites for hydroxylation is 1. The van der Waals surface area contributed by atoms with Crippen molar-refractivity contribution in [3.8, 4) is 0 Å². The Kier molecular flexibility index (Phi) is 8.89. The molecule has 0 aliphatic rings. The number of nitrogens with one attached hydrogen (secondary N) is 1. The first-order chi connectivity index (χ1) is 12.5. The topological polar surface area (TPSA) is 81.2 Å². The number of unbranched alkanes of at least 4 members (excludes halogenated alkanes) is 1. The molecule has 1 amide bonds. The number of carbonyl (C=O) groups excluding carboxylic acids is 2. The molecule has 10 heteroatoms. The van der Waals surface area contributed by atoms with Crippen LogP contribution in [0.3, 0.4) is 0 Å². The molecule has 0 saturated heterocycles. The van der Waals surface area contributed by atoms with Gasteiger partial charge in [0.2, 0.25) is 5.91 Å². The third-order valence-corrected chi connectivity index (χ3v) is 7.49. The van der Waals surface area contributed by atoms with Crippen molar-refractivity contribution in [1.29, 1.82) is 0 Å². The SMILES string of the molecule is CCCCSc1nnc(SCC(=O)Nc2cc(C)c(C(=O)OCC)s2)s1. The highest BCUT2D eigenvalue weighted by Crippen LogP contribution is 2.30. The Morgan fingerprint density at radius 2 is 1.92 bits per heavy atom. The second-order valence-electron chi connectivity index (χ2n) is 5.22. The molecule has 0 unspecified atom stereocenters. The summed E-state index contributed by atoms with van der Waals surface area (Å²) in [6.45, 7) is 6.08. The summed E-state index contributed by atoms with van der Waals surface area (Å²) in [6.07, 6.45) is 2.32. The molecule has 0 saturated carbocycles. The minimum atomic E-state index is -0.355. The third-order valence-electron chi connectivity index (χ3n) is 3.08. The van der Waals surface area contributed by atoms with Gasteiger partial charge in [0, 0.05) is 5.75 Å². The lowest BCUT2D eigenvalue weighted by Gasteiger charge is -2.00. The molecule has 0 aromatic carbocycles. The van der Waals surface area contributed by atoms with Gasteiger partial charge in [-0.3, -0.25) is 4.79 Å². The number of carbonyl (C=O) groups is 2. The number of rotatable bonds is 10. The normalized spacial score (nSPS) is 10.7. The molecule has 0 radical (unpaired) electrons. The Bertz CT molecular complexity index is 745. The van der Waals surface area contributed by atoms with E-state index in [0.717, 1.165) is 32.8 Å². The van der Waals surface area contributed by atoms with Crippen molar-refractivity contribution < 1.29 is 14.3 Å². The molecule has 1 N–H and O–H groups in total. The predicted octanol–water partition coefficient (Wildman–Crippen LogP) is 4.71. The lowest BCUT2D eigenvalue weighted by molar-refractivity contribution is -0.113. The molecule has 0 fully saturated rings. The van der Waals surface area contributed by atoms with Crippen LogP contribution in [0.15, 0.2) is 14.7 Å². The Balaban J connectivity index is 1.82. The van der Waals surface area contributed by atoms with Crippen LogP contribution < -0.4 is 5.32 Å². The highest BCUT2D eigenvalue weighted by Gasteiger charge is 2.16. The van der Waals surface area contributed by atoms with Crippen molar-refractivity contribution in [2.24, 2.45) is 0 Å². The first-order valence-electron chi connectivity index (χ1n) is 8.20. The number of ether oxygens (including phenoxy) is 1. The fraction of sp³-hybridized carbons (Fsp3) is 0.500. The summed E-state index contributed by atoms with van der Waals surface area (Å²) in [7, 11) is 0. The van der Waals surface area contributed by atoms with Crippen molar-refractivity contribution in [3.05, 3.63) is 16.5 Å². The van der Waals surface area contributed by atoms with E-state index in [9.17, 15) is 9.59 Å². The molecular formula is C16H21N3O3S4. The van der Waals surface area contributed by atoms with Crippen molar-refractivity contribution in [3.63, 3.8) is 0 Å². The van der Waals surface area contributed by atoms with Crippen LogP contribution in [0, 0.1) is 6.92 Å². The average molecular weight is 432 g/mol. The van der Waals surface area contributed by atoms with Crippen LogP contribution >= 0.6 is 46.2 Å². The van der Waals surface area contributed by atoms with Crippen molar-refractivity contribution in [2.75, 3.05) is 23.4 Å². The number of anilines is 1. The van der Waals surface area contributed by atoms with Gasteiger partial charge >= 0.3 is 5.97 Å². The minimum absolute atomic E-state index is 0.137. The fourth-order valence-corrected chi connectivity index (χ4v) is 5.82. The number of hydrogen-bond acceptors (Lipinski definition) is 9. The number of esters is 1. The second-order valence-corrected chi connectivity index (χ2v) is 9.81. The van der Waals surface area contributed by atoms with Gasteiger partial charge in [-0.25, -0.2) is 4.79 Å². The van der Waals surface area contributed by atoms with Crippen molar-refractivity contribution >= 4 is 63.1 Å². The maximum Gasteiger partial charge on any atom is 0.348 e. The van der Waals surface area contributed by atoms with E-state index < -0.39 is 0 Å². The number of aromatic nitrogens is 2. The molecule has 26 heavy (non-hydrogen) atoms. The molecule has 2 rings (SSSR count). The largest absolute Gasteiger partial charge is 0.462 e. The van der Waals surface area contributed by atoms with Gasteiger partial charge in [0.1, 0.15) is 4.88 Å². The van der Waals surface area contributed by atoms with Crippen molar-refractivity contribution in [2.45, 2.75) is 42.3 Å². The summed E-state index contributed by atoms with van der Waals surface area (Å²) >= 11 is 5.81. The van der Waals surface area contributed by atoms with Crippen LogP contribution in [0.1, 0.15) is 41.9 Å². The molecule has 2 aromatic rings. The number of nitrogens with zero attached hydrogens (tertiary/aromatic N) is 2. The summed E-state index contributed by atoms with van der Waals surface area (Å²) in [5.74, 6) is 0.797. The molecular weight excluding hydrogens is 410 g/mol. The lowest BCUT2D eigenvalue weighted by atomic mass is 10.3. The van der Waals surface area contributed by atoms with E-state index in [4.69, 9.17) is 4.74 Å². The van der Waals surface area contributed by atoms with E-state index >= 15 is 0 Å². The van der Waals surface area contributed by atoms with E-state index in [1.807, 2.05) is 6.92 Å². The highest BCUT2D eigenvalue weighted by molar-refractivity contribution is 8.03. The van der Waals surface area contributed by atoms with E-state index in [2.05, 4.69) is 22.4 Å². The molecule has 6 nitrogen and oxygen atoms in total. The molecule has 0 bridgehead atoms. The summed E-state index contributed by atoms with van der Waals surface area (Å²) in [4.78, 5) is 24.5. The second kappa shape index (κ2) is 10.9. The van der Waals surface area contributed by atoms with E-state index in [0.29, 0.717) is 16.5 Å². The lowest BCUT2D eigenvalue weighted by Crippen LogP contribution is -2.12. The Morgan fingerprint density at radius 3 is 2.62 bits per heavy atom. The van der Waals surface area contributed by atoms with Crippen LogP contribution in [-0.4, -0.2) is 40.2 Å². The quantitative estimate of drug-likeness (QED) is 0.331. The number of hydrogen-bond donors (Lipinski definition) is 1. The smallest absolute Gasteiger partial charge is 0.348 e. The van der Waals surface area contributed by atoms with E-state index in [1.54, 1.807) is 24.8 Å². The first kappa shape index (κ1) is 21.2. The fourth-order valence-electron chi connectivity index (χ4n) is 1.86. The van der Waals surface area contributed by atoms with Crippen LogP contribution in [0.2, 0.25) is 0 Å². The molecule has 0 aliphatic carbocycles. The van der Waals surface area contributed by atoms with Gasteiger partial charge in [-0.15, -0.1) is 21.5 Å². The number of thioether (sulfide) groups is 2. The molecule has 0 atom stereocenters. The standard InChI is InChI=1S/C16H21N3O3S4/c1-4-6-7-23-15-18-19-16(26-15)24-9-11(20)17-12-8-10(3)13(25-12)14(21)22-5-2/h8H,4-7,9H2,1-3H3,(H,17,20). The average Bonchev–Trinajstić information content (AvgIpc) is 3.20. The zero-order valence-electron chi connectivity index (χ0n) is 14.9. The maximum absolute atomic E-state index is 12.1. The van der Waals surface area contributed by atoms with Gasteiger partial charge in [0.05, 0.1) is 17.4 Å². The van der Waals surface area contributed by atoms with Gasteiger partial charge in [-0.1, -0.05) is 48.2 Å². The Labute approximate surface area is 169 Å². The molecule has 0 aliphatic heterocycles. The van der Waals surface area contributed by atoms with Crippen LogP contribution in [0.5, 0.6) is 0 Å².